The van der Waals surface area contributed by atoms with Gasteiger partial charge in [-0.15, -0.1) is 0 Å². The molecule has 2 aromatic carbocycles. The van der Waals surface area contributed by atoms with Crippen molar-refractivity contribution in [3.63, 3.8) is 0 Å². The van der Waals surface area contributed by atoms with Gasteiger partial charge >= 0.3 is 0 Å². The molecule has 0 radical (unpaired) electrons. The molecule has 2 aliphatic rings. The van der Waals surface area contributed by atoms with Crippen molar-refractivity contribution in [1.82, 2.24) is 16.1 Å². The highest BCUT2D eigenvalue weighted by Crippen LogP contribution is 2.33. The third-order valence-electron chi connectivity index (χ3n) is 5.13. The first-order valence-corrected chi connectivity index (χ1v) is 9.14. The molecule has 1 aliphatic carbocycles. The van der Waals surface area contributed by atoms with Gasteiger partial charge in [-0.2, -0.15) is 5.48 Å². The highest BCUT2D eigenvalue weighted by Gasteiger charge is 2.33. The Balaban J connectivity index is 1.45. The van der Waals surface area contributed by atoms with Gasteiger partial charge < -0.3 is 10.4 Å². The first-order valence-electron chi connectivity index (χ1n) is 9.14. The van der Waals surface area contributed by atoms with Crippen molar-refractivity contribution in [2.45, 2.75) is 44.3 Å². The number of halogens is 2. The number of carbonyl (C=O) groups is 1. The lowest BCUT2D eigenvalue weighted by atomic mass is 10.0. The zero-order valence-electron chi connectivity index (χ0n) is 15.0. The van der Waals surface area contributed by atoms with Crippen molar-refractivity contribution in [2.24, 2.45) is 0 Å². The number of aliphatic hydroxyl groups excluding tert-OH is 1. The summed E-state index contributed by atoms with van der Waals surface area (Å²) >= 11 is 0. The van der Waals surface area contributed by atoms with Crippen LogP contribution in [-0.4, -0.2) is 23.7 Å². The van der Waals surface area contributed by atoms with E-state index in [1.807, 2.05) is 18.2 Å². The maximum Gasteiger partial charge on any atom is 0.279 e. The number of hydrogen-bond donors (Lipinski definition) is 4. The molecule has 4 N–H and O–H groups in total. The van der Waals surface area contributed by atoms with Gasteiger partial charge in [-0.3, -0.25) is 14.9 Å². The van der Waals surface area contributed by atoms with Crippen LogP contribution < -0.4 is 16.1 Å². The molecule has 1 amide bonds. The first-order chi connectivity index (χ1) is 13.5. The highest BCUT2D eigenvalue weighted by molar-refractivity contribution is 5.94. The summed E-state index contributed by atoms with van der Waals surface area (Å²) in [6.07, 6.45) is -2.89. The number of aryl methyl sites for hydroxylation is 1. The van der Waals surface area contributed by atoms with E-state index in [1.165, 1.54) is 0 Å². The number of amides is 1. The normalized spacial score (nSPS) is 23.8. The molecule has 0 aromatic heterocycles. The summed E-state index contributed by atoms with van der Waals surface area (Å²) in [5, 5.41) is 15.0. The smallest absolute Gasteiger partial charge is 0.279 e. The number of benzene rings is 2. The number of hydrogen-bond acceptors (Lipinski definition) is 5. The number of fused-ring (bicyclic) bond motifs is 1. The molecule has 4 rings (SSSR count). The van der Waals surface area contributed by atoms with E-state index in [0.717, 1.165) is 29.5 Å². The third kappa shape index (κ3) is 3.77. The standard InChI is InChI=1S/C20H21F2N3O3/c21-17(22)20-24-18(25-28-20)13-4-6-15-12(9-13)5-7-16(15)23-19(27)14-3-1-2-11(8-14)10-26/h1-4,6,8-9,16-18,20,24-26H,5,7,10H2,(H,23,27)/t16-,18?,20?/m1/s1. The molecule has 2 aromatic rings. The fourth-order valence-electron chi connectivity index (χ4n) is 3.68. The average Bonchev–Trinajstić information content (AvgIpc) is 3.35. The number of aliphatic hydroxyl groups is 1. The zero-order valence-corrected chi connectivity index (χ0v) is 15.0. The first kappa shape index (κ1) is 18.9. The van der Waals surface area contributed by atoms with Crippen LogP contribution in [0.1, 0.15) is 51.2 Å². The topological polar surface area (TPSA) is 82.6 Å². The van der Waals surface area contributed by atoms with E-state index in [1.54, 1.807) is 24.3 Å². The second-order valence-corrected chi connectivity index (χ2v) is 6.97. The molecule has 28 heavy (non-hydrogen) atoms. The maximum absolute atomic E-state index is 12.7. The summed E-state index contributed by atoms with van der Waals surface area (Å²) in [5.74, 6) is -0.190. The molecule has 148 valence electrons. The third-order valence-corrected chi connectivity index (χ3v) is 5.13. The second-order valence-electron chi connectivity index (χ2n) is 6.97. The van der Waals surface area contributed by atoms with Gasteiger partial charge in [0.2, 0.25) is 0 Å². The molecule has 1 saturated heterocycles. The molecule has 1 fully saturated rings. The minimum absolute atomic E-state index is 0.108. The predicted octanol–water partition coefficient (Wildman–Crippen LogP) is 2.31. The van der Waals surface area contributed by atoms with Crippen molar-refractivity contribution >= 4 is 5.91 Å². The van der Waals surface area contributed by atoms with Crippen molar-refractivity contribution in [1.29, 1.82) is 0 Å². The molecule has 6 nitrogen and oxygen atoms in total. The van der Waals surface area contributed by atoms with Crippen molar-refractivity contribution < 1.29 is 23.5 Å². The fourth-order valence-corrected chi connectivity index (χ4v) is 3.68. The van der Waals surface area contributed by atoms with E-state index in [9.17, 15) is 18.7 Å². The molecular weight excluding hydrogens is 368 g/mol. The Hall–Kier alpha value is -2.39. The Morgan fingerprint density at radius 3 is 2.89 bits per heavy atom. The van der Waals surface area contributed by atoms with Crippen LogP contribution in [0.2, 0.25) is 0 Å². The van der Waals surface area contributed by atoms with Crippen LogP contribution in [0.3, 0.4) is 0 Å². The van der Waals surface area contributed by atoms with E-state index >= 15 is 0 Å². The van der Waals surface area contributed by atoms with Crippen LogP contribution in [0.25, 0.3) is 0 Å². The number of hydroxylamine groups is 1. The van der Waals surface area contributed by atoms with Crippen LogP contribution in [0, 0.1) is 0 Å². The summed E-state index contributed by atoms with van der Waals surface area (Å²) in [6.45, 7) is -0.116. The van der Waals surface area contributed by atoms with Gasteiger partial charge in [-0.05, 0) is 47.2 Å². The van der Waals surface area contributed by atoms with Gasteiger partial charge in [0.05, 0.1) is 12.6 Å². The van der Waals surface area contributed by atoms with Gasteiger partial charge in [-0.1, -0.05) is 30.3 Å². The molecule has 1 aliphatic heterocycles. The lowest BCUT2D eigenvalue weighted by molar-refractivity contribution is -0.0675. The summed E-state index contributed by atoms with van der Waals surface area (Å²) in [5.41, 5.74) is 6.70. The lowest BCUT2D eigenvalue weighted by Crippen LogP contribution is -2.31. The molecule has 0 saturated carbocycles. The largest absolute Gasteiger partial charge is 0.392 e. The average molecular weight is 389 g/mol. The number of alkyl halides is 2. The van der Waals surface area contributed by atoms with Crippen molar-refractivity contribution in [2.75, 3.05) is 0 Å². The summed E-state index contributed by atoms with van der Waals surface area (Å²) in [6, 6.07) is 12.5. The van der Waals surface area contributed by atoms with Crippen LogP contribution in [0.5, 0.6) is 0 Å². The zero-order chi connectivity index (χ0) is 19.7. The molecule has 0 spiro atoms. The van der Waals surface area contributed by atoms with E-state index in [2.05, 4.69) is 16.1 Å². The van der Waals surface area contributed by atoms with Gasteiger partial charge in [0.1, 0.15) is 6.17 Å². The number of rotatable bonds is 5. The highest BCUT2D eigenvalue weighted by atomic mass is 19.3. The van der Waals surface area contributed by atoms with Gasteiger partial charge in [0.15, 0.2) is 6.23 Å². The lowest BCUT2D eigenvalue weighted by Gasteiger charge is -2.16. The quantitative estimate of drug-likeness (QED) is 0.631. The minimum Gasteiger partial charge on any atom is -0.392 e. The summed E-state index contributed by atoms with van der Waals surface area (Å²) in [7, 11) is 0. The SMILES string of the molecule is O=C(N[C@@H]1CCc2cc(C3NOC(C(F)F)N3)ccc21)c1cccc(CO)c1. The Bertz CT molecular complexity index is 878. The number of nitrogens with one attached hydrogen (secondary N) is 3. The van der Waals surface area contributed by atoms with Crippen LogP contribution in [0.15, 0.2) is 42.5 Å². The minimum atomic E-state index is -2.61. The Kier molecular flexibility index (Phi) is 5.36. The predicted molar refractivity (Wildman–Crippen MR) is 97.2 cm³/mol. The van der Waals surface area contributed by atoms with E-state index < -0.39 is 18.8 Å². The van der Waals surface area contributed by atoms with E-state index in [4.69, 9.17) is 4.84 Å². The molecule has 8 heteroatoms. The van der Waals surface area contributed by atoms with Gasteiger partial charge in [0.25, 0.3) is 12.3 Å². The second kappa shape index (κ2) is 7.92. The molecule has 0 bridgehead atoms. The molecule has 1 heterocycles. The number of carbonyl (C=O) groups excluding carboxylic acids is 1. The van der Waals surface area contributed by atoms with Crippen LogP contribution in [-0.2, 0) is 17.9 Å². The fraction of sp³-hybridized carbons (Fsp3) is 0.350. The summed E-state index contributed by atoms with van der Waals surface area (Å²) < 4.78 is 25.5. The van der Waals surface area contributed by atoms with E-state index in [-0.39, 0.29) is 18.6 Å². The van der Waals surface area contributed by atoms with Gasteiger partial charge in [-0.25, -0.2) is 8.78 Å². The Morgan fingerprint density at radius 1 is 1.29 bits per heavy atom. The molecule has 2 unspecified atom stereocenters. The van der Waals surface area contributed by atoms with Crippen molar-refractivity contribution in [3.05, 3.63) is 70.3 Å². The van der Waals surface area contributed by atoms with Crippen LogP contribution in [0.4, 0.5) is 8.78 Å². The van der Waals surface area contributed by atoms with Gasteiger partial charge in [0, 0.05) is 5.56 Å². The molecule has 3 atom stereocenters. The Labute approximate surface area is 160 Å². The maximum atomic E-state index is 12.7. The van der Waals surface area contributed by atoms with Crippen molar-refractivity contribution in [3.8, 4) is 0 Å². The monoisotopic (exact) mass is 389 g/mol. The molecular formula is C20H21F2N3O3. The van der Waals surface area contributed by atoms with E-state index in [0.29, 0.717) is 11.1 Å². The Morgan fingerprint density at radius 2 is 2.14 bits per heavy atom. The summed E-state index contributed by atoms with van der Waals surface area (Å²) in [4.78, 5) is 17.4. The van der Waals surface area contributed by atoms with Crippen LogP contribution >= 0.6 is 0 Å².